The van der Waals surface area contributed by atoms with E-state index in [2.05, 4.69) is 17.6 Å². The van der Waals surface area contributed by atoms with Crippen LogP contribution in [0.1, 0.15) is 19.8 Å². The van der Waals surface area contributed by atoms with Gasteiger partial charge in [-0.3, -0.25) is 4.79 Å². The normalized spacial score (nSPS) is 20.8. The quantitative estimate of drug-likeness (QED) is 0.783. The summed E-state index contributed by atoms with van der Waals surface area (Å²) in [4.78, 5) is 12.2. The van der Waals surface area contributed by atoms with Gasteiger partial charge in [0.2, 0.25) is 5.91 Å². The van der Waals surface area contributed by atoms with Crippen LogP contribution in [0.5, 0.6) is 5.75 Å². The topological polar surface area (TPSA) is 84.5 Å². The molecule has 1 aromatic rings. The highest BCUT2D eigenvalue weighted by Gasteiger charge is 2.22. The number of sulfone groups is 1. The predicted octanol–water partition coefficient (Wildman–Crippen LogP) is 1.40. The number of amides is 1. The first-order valence-electron chi connectivity index (χ1n) is 7.79. The molecule has 0 aliphatic carbocycles. The Balaban J connectivity index is 0.00000288. The molecule has 2 atom stereocenters. The largest absolute Gasteiger partial charge is 0.493 e. The second kappa shape index (κ2) is 9.25. The van der Waals surface area contributed by atoms with Crippen LogP contribution in [0.2, 0.25) is 0 Å². The number of carbonyl (C=O) groups is 1. The van der Waals surface area contributed by atoms with Gasteiger partial charge in [-0.1, -0.05) is 6.92 Å². The first-order chi connectivity index (χ1) is 10.9. The molecule has 0 bridgehead atoms. The number of hydrogen-bond donors (Lipinski definition) is 2. The Morgan fingerprint density at radius 2 is 2.00 bits per heavy atom. The van der Waals surface area contributed by atoms with Gasteiger partial charge >= 0.3 is 0 Å². The number of nitrogens with one attached hydrogen (secondary N) is 2. The Morgan fingerprint density at radius 1 is 1.33 bits per heavy atom. The third-order valence-electron chi connectivity index (χ3n) is 3.98. The van der Waals surface area contributed by atoms with E-state index in [9.17, 15) is 13.2 Å². The van der Waals surface area contributed by atoms with Gasteiger partial charge in [-0.15, -0.1) is 12.4 Å². The zero-order valence-corrected chi connectivity index (χ0v) is 15.6. The Kier molecular flexibility index (Phi) is 7.99. The third-order valence-corrected chi connectivity index (χ3v) is 5.11. The van der Waals surface area contributed by atoms with E-state index in [0.717, 1.165) is 25.8 Å². The van der Waals surface area contributed by atoms with Gasteiger partial charge in [-0.2, -0.15) is 0 Å². The summed E-state index contributed by atoms with van der Waals surface area (Å²) in [7, 11) is -3.20. The van der Waals surface area contributed by atoms with Gasteiger partial charge in [0, 0.05) is 12.3 Å². The molecule has 2 rings (SSSR count). The molecule has 1 aromatic carbocycles. The summed E-state index contributed by atoms with van der Waals surface area (Å²) < 4.78 is 28.2. The van der Waals surface area contributed by atoms with Crippen LogP contribution in [0.25, 0.3) is 0 Å². The summed E-state index contributed by atoms with van der Waals surface area (Å²) in [6, 6.07) is 6.42. The molecule has 0 spiro atoms. The molecule has 0 radical (unpaired) electrons. The van der Waals surface area contributed by atoms with E-state index < -0.39 is 9.84 Å². The Bertz CT molecular complexity index is 634. The van der Waals surface area contributed by atoms with E-state index in [1.54, 1.807) is 12.1 Å². The van der Waals surface area contributed by atoms with Crippen LogP contribution in [0.3, 0.4) is 0 Å². The molecule has 1 aliphatic heterocycles. The Hall–Kier alpha value is -1.31. The third kappa shape index (κ3) is 6.30. The molecule has 136 valence electrons. The van der Waals surface area contributed by atoms with Crippen LogP contribution in [-0.4, -0.2) is 46.3 Å². The lowest BCUT2D eigenvalue weighted by molar-refractivity contribution is -0.122. The average molecular weight is 377 g/mol. The molecule has 1 amide bonds. The van der Waals surface area contributed by atoms with Crippen molar-refractivity contribution in [2.75, 3.05) is 26.0 Å². The fraction of sp³-hybridized carbons (Fsp3) is 0.562. The predicted molar refractivity (Wildman–Crippen MR) is 95.5 cm³/mol. The van der Waals surface area contributed by atoms with Crippen molar-refractivity contribution in [1.29, 1.82) is 0 Å². The van der Waals surface area contributed by atoms with Crippen molar-refractivity contribution in [2.24, 2.45) is 5.92 Å². The van der Waals surface area contributed by atoms with E-state index >= 15 is 0 Å². The number of hydrogen-bond acceptors (Lipinski definition) is 5. The maximum atomic E-state index is 11.9. The maximum absolute atomic E-state index is 11.9. The van der Waals surface area contributed by atoms with Crippen molar-refractivity contribution >= 4 is 28.2 Å². The number of halogens is 1. The minimum atomic E-state index is -3.20. The fourth-order valence-electron chi connectivity index (χ4n) is 2.55. The molecule has 8 heteroatoms. The van der Waals surface area contributed by atoms with Gasteiger partial charge in [0.05, 0.1) is 17.9 Å². The standard InChI is InChI=1S/C16H24N2O4S.ClH/c1-12-11-17-9-7-15(12)18-16(19)8-10-22-13-3-5-14(6-4-13)23(2,20)21;/h3-6,12,15,17H,7-11H2,1-2H3,(H,18,19);1H. The minimum Gasteiger partial charge on any atom is -0.493 e. The SMILES string of the molecule is CC1CNCCC1NC(=O)CCOc1ccc(S(C)(=O)=O)cc1.Cl. The summed E-state index contributed by atoms with van der Waals surface area (Å²) >= 11 is 0. The van der Waals surface area contributed by atoms with E-state index in [-0.39, 0.29) is 42.3 Å². The molecule has 1 fully saturated rings. The van der Waals surface area contributed by atoms with Crippen LogP contribution in [-0.2, 0) is 14.6 Å². The van der Waals surface area contributed by atoms with Crippen molar-refractivity contribution in [3.8, 4) is 5.75 Å². The van der Waals surface area contributed by atoms with Gasteiger partial charge in [-0.25, -0.2) is 8.42 Å². The molecule has 1 aliphatic rings. The van der Waals surface area contributed by atoms with Crippen LogP contribution in [0.4, 0.5) is 0 Å². The van der Waals surface area contributed by atoms with E-state index in [0.29, 0.717) is 11.7 Å². The second-order valence-electron chi connectivity index (χ2n) is 5.99. The lowest BCUT2D eigenvalue weighted by Gasteiger charge is -2.30. The molecule has 2 N–H and O–H groups in total. The summed E-state index contributed by atoms with van der Waals surface area (Å²) in [5.74, 6) is 0.967. The first kappa shape index (κ1) is 20.7. The molecule has 1 saturated heterocycles. The van der Waals surface area contributed by atoms with Crippen molar-refractivity contribution in [3.63, 3.8) is 0 Å². The second-order valence-corrected chi connectivity index (χ2v) is 8.00. The monoisotopic (exact) mass is 376 g/mol. The van der Waals surface area contributed by atoms with Gasteiger partial charge in [0.25, 0.3) is 0 Å². The van der Waals surface area contributed by atoms with E-state index in [4.69, 9.17) is 4.74 Å². The van der Waals surface area contributed by atoms with Crippen molar-refractivity contribution in [2.45, 2.75) is 30.7 Å². The first-order valence-corrected chi connectivity index (χ1v) is 9.68. The summed E-state index contributed by atoms with van der Waals surface area (Å²) in [5.41, 5.74) is 0. The van der Waals surface area contributed by atoms with Crippen molar-refractivity contribution < 1.29 is 17.9 Å². The summed E-state index contributed by atoms with van der Waals surface area (Å²) in [6.45, 7) is 4.24. The van der Waals surface area contributed by atoms with Crippen molar-refractivity contribution in [3.05, 3.63) is 24.3 Å². The maximum Gasteiger partial charge on any atom is 0.223 e. The number of benzene rings is 1. The van der Waals surface area contributed by atoms with E-state index in [1.807, 2.05) is 0 Å². The highest BCUT2D eigenvalue weighted by atomic mass is 35.5. The van der Waals surface area contributed by atoms with Gasteiger partial charge < -0.3 is 15.4 Å². The number of carbonyl (C=O) groups excluding carboxylic acids is 1. The molecule has 6 nitrogen and oxygen atoms in total. The summed E-state index contributed by atoms with van der Waals surface area (Å²) in [5, 5.41) is 6.34. The van der Waals surface area contributed by atoms with Crippen LogP contribution >= 0.6 is 12.4 Å². The minimum absolute atomic E-state index is 0. The van der Waals surface area contributed by atoms with Crippen molar-refractivity contribution in [1.82, 2.24) is 10.6 Å². The number of rotatable bonds is 6. The number of piperidine rings is 1. The van der Waals surface area contributed by atoms with E-state index in [1.165, 1.54) is 12.1 Å². The van der Waals surface area contributed by atoms with Gasteiger partial charge in [0.15, 0.2) is 9.84 Å². The lowest BCUT2D eigenvalue weighted by atomic mass is 9.95. The molecule has 0 aromatic heterocycles. The molecule has 24 heavy (non-hydrogen) atoms. The Labute approximate surface area is 149 Å². The average Bonchev–Trinajstić information content (AvgIpc) is 2.49. The van der Waals surface area contributed by atoms with Crippen LogP contribution in [0, 0.1) is 5.92 Å². The van der Waals surface area contributed by atoms with Gasteiger partial charge in [-0.05, 0) is 49.7 Å². The highest BCUT2D eigenvalue weighted by molar-refractivity contribution is 7.90. The molecule has 0 saturated carbocycles. The molecular weight excluding hydrogens is 352 g/mol. The smallest absolute Gasteiger partial charge is 0.223 e. The lowest BCUT2D eigenvalue weighted by Crippen LogP contribution is -2.48. The molecular formula is C16H25ClN2O4S. The zero-order chi connectivity index (χ0) is 16.9. The zero-order valence-electron chi connectivity index (χ0n) is 13.9. The summed E-state index contributed by atoms with van der Waals surface area (Å²) in [6.07, 6.45) is 2.39. The highest BCUT2D eigenvalue weighted by Crippen LogP contribution is 2.16. The molecule has 2 unspecified atom stereocenters. The number of ether oxygens (including phenoxy) is 1. The van der Waals surface area contributed by atoms with Crippen LogP contribution < -0.4 is 15.4 Å². The van der Waals surface area contributed by atoms with Gasteiger partial charge in [0.1, 0.15) is 5.75 Å². The molecule has 1 heterocycles. The fourth-order valence-corrected chi connectivity index (χ4v) is 3.18. The van der Waals surface area contributed by atoms with Crippen LogP contribution in [0.15, 0.2) is 29.2 Å². The Morgan fingerprint density at radius 3 is 2.58 bits per heavy atom.